The van der Waals surface area contributed by atoms with E-state index in [-0.39, 0.29) is 36.0 Å². The number of aliphatic hydroxyl groups is 3. The normalized spacial score (nSPS) is 43.3. The minimum Gasteiger partial charge on any atom is -0.455 e. The number of hydrogen-bond donors (Lipinski definition) is 3. The Morgan fingerprint density at radius 1 is 1.24 bits per heavy atom. The topological polar surface area (TPSA) is 104 Å². The zero-order valence-corrected chi connectivity index (χ0v) is 20.6. The van der Waals surface area contributed by atoms with E-state index in [4.69, 9.17) is 4.74 Å². The highest BCUT2D eigenvalue weighted by Crippen LogP contribution is 2.66. The van der Waals surface area contributed by atoms with Gasteiger partial charge in [0.15, 0.2) is 5.78 Å². The third-order valence-corrected chi connectivity index (χ3v) is 10.3. The summed E-state index contributed by atoms with van der Waals surface area (Å²) in [5.74, 6) is -0.173. The fraction of sp³-hybridized carbons (Fsp3) is 0.643. The number of cyclic esters (lactones) is 1. The van der Waals surface area contributed by atoms with Gasteiger partial charge in [0.25, 0.3) is 0 Å². The minimum atomic E-state index is -1.70. The second-order valence-corrected chi connectivity index (χ2v) is 11.6. The van der Waals surface area contributed by atoms with E-state index in [2.05, 4.69) is 19.1 Å². The first-order valence-electron chi connectivity index (χ1n) is 12.5. The Labute approximate surface area is 201 Å². The molecule has 2 unspecified atom stereocenters. The molecule has 5 rings (SSSR count). The molecule has 6 heteroatoms. The van der Waals surface area contributed by atoms with Gasteiger partial charge in [0.05, 0.1) is 17.6 Å². The fourth-order valence-electron chi connectivity index (χ4n) is 7.89. The van der Waals surface area contributed by atoms with Crippen LogP contribution in [0.5, 0.6) is 0 Å². The van der Waals surface area contributed by atoms with Gasteiger partial charge in [0, 0.05) is 11.8 Å². The average Bonchev–Trinajstić information content (AvgIpc) is 3.07. The number of rotatable bonds is 3. The van der Waals surface area contributed by atoms with Crippen LogP contribution in [0, 0.1) is 22.7 Å². The first-order chi connectivity index (χ1) is 15.9. The van der Waals surface area contributed by atoms with Crippen LogP contribution in [0.4, 0.5) is 0 Å². The van der Waals surface area contributed by atoms with Crippen molar-refractivity contribution in [1.29, 1.82) is 0 Å². The molecule has 1 saturated carbocycles. The van der Waals surface area contributed by atoms with Crippen LogP contribution < -0.4 is 0 Å². The van der Waals surface area contributed by atoms with Crippen molar-refractivity contribution in [2.75, 3.05) is 6.61 Å². The van der Waals surface area contributed by atoms with Crippen molar-refractivity contribution in [2.24, 2.45) is 22.7 Å². The number of allylic oxidation sites excluding steroid dienone is 4. The van der Waals surface area contributed by atoms with Crippen LogP contribution in [0.15, 0.2) is 46.6 Å². The molecule has 34 heavy (non-hydrogen) atoms. The molecule has 3 N–H and O–H groups in total. The molecule has 6 nitrogen and oxygen atoms in total. The van der Waals surface area contributed by atoms with Crippen LogP contribution in [0.3, 0.4) is 0 Å². The molecule has 0 aromatic heterocycles. The Bertz CT molecular complexity index is 1080. The third kappa shape index (κ3) is 2.79. The Kier molecular flexibility index (Phi) is 5.22. The van der Waals surface area contributed by atoms with Gasteiger partial charge >= 0.3 is 5.97 Å². The summed E-state index contributed by atoms with van der Waals surface area (Å²) in [6.07, 6.45) is 10.7. The number of ketones is 1. The maximum Gasteiger partial charge on any atom is 0.336 e. The number of ether oxygens (including phenoxy) is 1. The lowest BCUT2D eigenvalue weighted by molar-refractivity contribution is -0.239. The van der Waals surface area contributed by atoms with Gasteiger partial charge in [-0.25, -0.2) is 4.79 Å². The van der Waals surface area contributed by atoms with Crippen molar-refractivity contribution in [3.63, 3.8) is 0 Å². The van der Waals surface area contributed by atoms with Gasteiger partial charge in [0.2, 0.25) is 0 Å². The van der Waals surface area contributed by atoms with Crippen LogP contribution in [0.1, 0.15) is 66.2 Å². The first kappa shape index (κ1) is 23.7. The number of aliphatic hydroxyl groups excluding tert-OH is 1. The van der Waals surface area contributed by atoms with Crippen LogP contribution in [0.25, 0.3) is 0 Å². The van der Waals surface area contributed by atoms with E-state index in [1.54, 1.807) is 19.9 Å². The molecule has 0 aromatic carbocycles. The van der Waals surface area contributed by atoms with Crippen molar-refractivity contribution < 1.29 is 29.6 Å². The largest absolute Gasteiger partial charge is 0.455 e. The predicted molar refractivity (Wildman–Crippen MR) is 126 cm³/mol. The van der Waals surface area contributed by atoms with E-state index in [1.807, 2.05) is 13.0 Å². The summed E-state index contributed by atoms with van der Waals surface area (Å²) in [5, 5.41) is 33.6. The molecule has 184 valence electrons. The van der Waals surface area contributed by atoms with Crippen molar-refractivity contribution in [3.05, 3.63) is 46.6 Å². The zero-order valence-electron chi connectivity index (χ0n) is 20.6. The van der Waals surface area contributed by atoms with E-state index in [0.717, 1.165) is 24.8 Å². The Morgan fingerprint density at radius 3 is 2.65 bits per heavy atom. The molecule has 1 aliphatic heterocycles. The zero-order chi connectivity index (χ0) is 24.7. The molecule has 7 atom stereocenters. The maximum absolute atomic E-state index is 13.1. The lowest BCUT2D eigenvalue weighted by atomic mass is 9.47. The maximum atomic E-state index is 13.1. The van der Waals surface area contributed by atoms with Gasteiger partial charge in [-0.05, 0) is 70.8 Å². The summed E-state index contributed by atoms with van der Waals surface area (Å²) in [5.41, 5.74) is -1.21. The Hall–Kier alpha value is -2.02. The van der Waals surface area contributed by atoms with Gasteiger partial charge in [0.1, 0.15) is 17.3 Å². The van der Waals surface area contributed by atoms with Crippen LogP contribution in [-0.4, -0.2) is 51.0 Å². The van der Waals surface area contributed by atoms with E-state index in [1.165, 1.54) is 5.57 Å². The predicted octanol–water partition coefficient (Wildman–Crippen LogP) is 3.32. The number of carbonyl (C=O) groups excluding carboxylic acids is 2. The molecule has 0 saturated heterocycles. The molecule has 0 radical (unpaired) electrons. The highest BCUT2D eigenvalue weighted by atomic mass is 16.6. The monoisotopic (exact) mass is 468 g/mol. The molecule has 1 fully saturated rings. The molecule has 0 bridgehead atoms. The van der Waals surface area contributed by atoms with Gasteiger partial charge in [-0.1, -0.05) is 41.9 Å². The summed E-state index contributed by atoms with van der Waals surface area (Å²) in [6.45, 7) is 7.03. The Balaban J connectivity index is 1.48. The summed E-state index contributed by atoms with van der Waals surface area (Å²) >= 11 is 0. The van der Waals surface area contributed by atoms with Crippen LogP contribution >= 0.6 is 0 Å². The second kappa shape index (κ2) is 7.49. The molecule has 0 aromatic rings. The van der Waals surface area contributed by atoms with Crippen molar-refractivity contribution in [2.45, 2.75) is 83.5 Å². The summed E-state index contributed by atoms with van der Waals surface area (Å²) in [7, 11) is 0. The average molecular weight is 469 g/mol. The number of hydrogen-bond acceptors (Lipinski definition) is 6. The van der Waals surface area contributed by atoms with E-state index < -0.39 is 40.7 Å². The van der Waals surface area contributed by atoms with E-state index in [9.17, 15) is 24.9 Å². The number of fused-ring (bicyclic) bond motifs is 5. The van der Waals surface area contributed by atoms with Gasteiger partial charge in [-0.3, -0.25) is 4.79 Å². The standard InChI is InChI=1S/C28H36O6/c1-16-14-23(34-24(31)19(16)15-29)27(4,32)28(33)13-11-20-18-9-8-17-6-5-7-22(30)26(17,3)21(18)10-12-25(20,28)2/h5,7-8,11,18,21,23,29,32-33H,6,9-10,12-15H2,1-4H3/t18?,21?,23-,25+,26+,27+,28-/m1/s1. The van der Waals surface area contributed by atoms with E-state index in [0.29, 0.717) is 12.0 Å². The van der Waals surface area contributed by atoms with Gasteiger partial charge in [-0.15, -0.1) is 0 Å². The molecule has 1 heterocycles. The number of esters is 1. The lowest BCUT2D eigenvalue weighted by Gasteiger charge is -2.59. The van der Waals surface area contributed by atoms with Crippen molar-refractivity contribution in [1.82, 2.24) is 0 Å². The fourth-order valence-corrected chi connectivity index (χ4v) is 7.89. The SMILES string of the molecule is CC1=C(CO)C(=O)O[C@@H]([C@](C)(O)[C@@]2(O)CC=C3C4CC=C5CC=CC(=O)[C@]5(C)C4CC[C@@]32C)C1. The third-order valence-electron chi connectivity index (χ3n) is 10.3. The highest BCUT2D eigenvalue weighted by Gasteiger charge is 2.68. The molecular weight excluding hydrogens is 432 g/mol. The van der Waals surface area contributed by atoms with E-state index >= 15 is 0 Å². The summed E-state index contributed by atoms with van der Waals surface area (Å²) in [4.78, 5) is 25.5. The van der Waals surface area contributed by atoms with Crippen LogP contribution in [0.2, 0.25) is 0 Å². The highest BCUT2D eigenvalue weighted by molar-refractivity contribution is 5.98. The number of carbonyl (C=O) groups is 2. The van der Waals surface area contributed by atoms with Crippen molar-refractivity contribution in [3.8, 4) is 0 Å². The molecule has 0 spiro atoms. The molecule has 4 aliphatic carbocycles. The van der Waals surface area contributed by atoms with Gasteiger partial charge < -0.3 is 20.1 Å². The van der Waals surface area contributed by atoms with Crippen LogP contribution in [-0.2, 0) is 14.3 Å². The molecule has 0 amide bonds. The summed E-state index contributed by atoms with van der Waals surface area (Å²) in [6, 6.07) is 0. The quantitative estimate of drug-likeness (QED) is 0.434. The molecular formula is C28H36O6. The van der Waals surface area contributed by atoms with Crippen molar-refractivity contribution >= 4 is 11.8 Å². The Morgan fingerprint density at radius 2 is 1.97 bits per heavy atom. The first-order valence-corrected chi connectivity index (χ1v) is 12.5. The lowest BCUT2D eigenvalue weighted by Crippen LogP contribution is -2.67. The molecule has 5 aliphatic rings. The minimum absolute atomic E-state index is 0.129. The smallest absolute Gasteiger partial charge is 0.336 e. The summed E-state index contributed by atoms with van der Waals surface area (Å²) < 4.78 is 5.58. The van der Waals surface area contributed by atoms with Gasteiger partial charge in [-0.2, -0.15) is 0 Å². The second-order valence-electron chi connectivity index (χ2n) is 11.6.